The van der Waals surface area contributed by atoms with Gasteiger partial charge in [0, 0.05) is 25.4 Å². The van der Waals surface area contributed by atoms with Crippen molar-refractivity contribution in [3.63, 3.8) is 0 Å². The highest BCUT2D eigenvalue weighted by Crippen LogP contribution is 2.09. The van der Waals surface area contributed by atoms with Crippen molar-refractivity contribution >= 4 is 5.91 Å². The van der Waals surface area contributed by atoms with Crippen LogP contribution < -0.4 is 0 Å². The fourth-order valence-corrected chi connectivity index (χ4v) is 1.53. The number of rotatable bonds is 5. The third-order valence-electron chi connectivity index (χ3n) is 2.39. The number of hydrogen-bond donors (Lipinski definition) is 1. The Hall–Kier alpha value is -1.49. The molecule has 17 heavy (non-hydrogen) atoms. The molecule has 4 nitrogen and oxygen atoms in total. The van der Waals surface area contributed by atoms with E-state index in [1.54, 1.807) is 4.90 Å². The molecule has 0 aromatic carbocycles. The Kier molecular flexibility index (Phi) is 5.03. The number of aliphatic hydroxyl groups excluding tert-OH is 1. The molecule has 1 amide bonds. The van der Waals surface area contributed by atoms with Crippen LogP contribution in [0.5, 0.6) is 0 Å². The smallest absolute Gasteiger partial charge is 0.255 e. The highest BCUT2D eigenvalue weighted by atomic mass is 19.1. The zero-order valence-corrected chi connectivity index (χ0v) is 10.1. The van der Waals surface area contributed by atoms with E-state index in [1.807, 2.05) is 13.8 Å². The molecule has 0 fully saturated rings. The normalized spacial score (nSPS) is 10.6. The number of halogens is 1. The third kappa shape index (κ3) is 3.78. The lowest BCUT2D eigenvalue weighted by Crippen LogP contribution is -2.38. The summed E-state index contributed by atoms with van der Waals surface area (Å²) in [7, 11) is 0. The van der Waals surface area contributed by atoms with Crippen LogP contribution in [0.15, 0.2) is 18.5 Å². The molecule has 1 heterocycles. The van der Waals surface area contributed by atoms with Crippen LogP contribution in [0.25, 0.3) is 0 Å². The van der Waals surface area contributed by atoms with Gasteiger partial charge in [-0.3, -0.25) is 9.78 Å². The van der Waals surface area contributed by atoms with Crippen LogP contribution in [0.3, 0.4) is 0 Å². The average Bonchev–Trinajstić information content (AvgIpc) is 2.29. The third-order valence-corrected chi connectivity index (χ3v) is 2.39. The maximum absolute atomic E-state index is 13.0. The minimum absolute atomic E-state index is 0.00248. The van der Waals surface area contributed by atoms with Crippen molar-refractivity contribution in [3.8, 4) is 0 Å². The van der Waals surface area contributed by atoms with Crippen LogP contribution in [0.2, 0.25) is 0 Å². The first-order chi connectivity index (χ1) is 8.06. The summed E-state index contributed by atoms with van der Waals surface area (Å²) in [6, 6.07) is 1.17. The molecule has 0 atom stereocenters. The van der Waals surface area contributed by atoms with Crippen molar-refractivity contribution in [2.45, 2.75) is 26.3 Å². The van der Waals surface area contributed by atoms with Crippen LogP contribution in [0.4, 0.5) is 4.39 Å². The Morgan fingerprint density at radius 2 is 2.24 bits per heavy atom. The quantitative estimate of drug-likeness (QED) is 0.847. The van der Waals surface area contributed by atoms with Crippen LogP contribution in [-0.4, -0.2) is 40.1 Å². The number of pyridine rings is 1. The Balaban J connectivity index is 2.84. The predicted molar refractivity (Wildman–Crippen MR) is 62.1 cm³/mol. The number of carbonyl (C=O) groups is 1. The van der Waals surface area contributed by atoms with Crippen molar-refractivity contribution in [1.82, 2.24) is 9.88 Å². The highest BCUT2D eigenvalue weighted by Gasteiger charge is 2.18. The second kappa shape index (κ2) is 6.30. The molecule has 0 spiro atoms. The van der Waals surface area contributed by atoms with Crippen molar-refractivity contribution in [2.24, 2.45) is 0 Å². The number of carbonyl (C=O) groups excluding carboxylic acids is 1. The number of aliphatic hydroxyl groups is 1. The number of nitrogens with zero attached hydrogens (tertiary/aromatic N) is 2. The highest BCUT2D eigenvalue weighted by molar-refractivity contribution is 5.94. The minimum Gasteiger partial charge on any atom is -0.396 e. The summed E-state index contributed by atoms with van der Waals surface area (Å²) < 4.78 is 13.0. The monoisotopic (exact) mass is 240 g/mol. The number of hydrogen-bond acceptors (Lipinski definition) is 3. The van der Waals surface area contributed by atoms with E-state index in [0.29, 0.717) is 13.0 Å². The topological polar surface area (TPSA) is 53.4 Å². The molecule has 94 valence electrons. The molecule has 1 N–H and O–H groups in total. The summed E-state index contributed by atoms with van der Waals surface area (Å²) in [6.45, 7) is 4.23. The maximum atomic E-state index is 13.0. The largest absolute Gasteiger partial charge is 0.396 e. The van der Waals surface area contributed by atoms with E-state index in [9.17, 15) is 9.18 Å². The first-order valence-corrected chi connectivity index (χ1v) is 5.58. The fraction of sp³-hybridized carbons (Fsp3) is 0.500. The maximum Gasteiger partial charge on any atom is 0.255 e. The lowest BCUT2D eigenvalue weighted by atomic mass is 10.2. The average molecular weight is 240 g/mol. The lowest BCUT2D eigenvalue weighted by molar-refractivity contribution is 0.0692. The van der Waals surface area contributed by atoms with Gasteiger partial charge < -0.3 is 10.0 Å². The van der Waals surface area contributed by atoms with Gasteiger partial charge in [0.25, 0.3) is 5.91 Å². The van der Waals surface area contributed by atoms with Crippen LogP contribution in [-0.2, 0) is 0 Å². The Labute approximate surface area is 100 Å². The minimum atomic E-state index is -0.526. The first-order valence-electron chi connectivity index (χ1n) is 5.58. The summed E-state index contributed by atoms with van der Waals surface area (Å²) >= 11 is 0. The van der Waals surface area contributed by atoms with Gasteiger partial charge in [0.05, 0.1) is 11.8 Å². The van der Waals surface area contributed by atoms with Crippen LogP contribution in [0, 0.1) is 5.82 Å². The van der Waals surface area contributed by atoms with E-state index in [0.717, 1.165) is 6.20 Å². The van der Waals surface area contributed by atoms with Gasteiger partial charge in [-0.15, -0.1) is 0 Å². The summed E-state index contributed by atoms with van der Waals surface area (Å²) in [4.78, 5) is 17.3. The summed E-state index contributed by atoms with van der Waals surface area (Å²) in [6.07, 6.45) is 2.91. The van der Waals surface area contributed by atoms with E-state index in [1.165, 1.54) is 12.3 Å². The van der Waals surface area contributed by atoms with E-state index < -0.39 is 5.82 Å². The molecule has 0 radical (unpaired) electrons. The summed E-state index contributed by atoms with van der Waals surface area (Å²) in [5.41, 5.74) is 0.233. The standard InChI is InChI=1S/C12H17FN2O2/c1-9(2)15(4-3-5-16)12(17)10-6-11(13)8-14-7-10/h6-9,16H,3-5H2,1-2H3. The van der Waals surface area contributed by atoms with Gasteiger partial charge in [-0.05, 0) is 26.3 Å². The summed E-state index contributed by atoms with van der Waals surface area (Å²) in [5.74, 6) is -0.790. The van der Waals surface area contributed by atoms with Crippen molar-refractivity contribution in [2.75, 3.05) is 13.2 Å². The van der Waals surface area contributed by atoms with Gasteiger partial charge in [0.1, 0.15) is 5.82 Å². The molecule has 0 aliphatic carbocycles. The van der Waals surface area contributed by atoms with Gasteiger partial charge in [0.15, 0.2) is 0 Å². The molecule has 1 aromatic heterocycles. The molecule has 0 aliphatic heterocycles. The Morgan fingerprint density at radius 1 is 1.53 bits per heavy atom. The van der Waals surface area contributed by atoms with E-state index in [-0.39, 0.29) is 24.1 Å². The second-order valence-corrected chi connectivity index (χ2v) is 4.06. The predicted octanol–water partition coefficient (Wildman–Crippen LogP) is 1.45. The fourth-order valence-electron chi connectivity index (χ4n) is 1.53. The van der Waals surface area contributed by atoms with Crippen molar-refractivity contribution < 1.29 is 14.3 Å². The molecule has 1 aromatic rings. The molecule has 5 heteroatoms. The Morgan fingerprint density at radius 3 is 2.76 bits per heavy atom. The molecule has 0 unspecified atom stereocenters. The Bertz CT molecular complexity index is 383. The summed E-state index contributed by atoms with van der Waals surface area (Å²) in [5, 5.41) is 8.78. The molecule has 0 bridgehead atoms. The molecule has 0 aliphatic rings. The SMILES string of the molecule is CC(C)N(CCCO)C(=O)c1cncc(F)c1. The van der Waals surface area contributed by atoms with Gasteiger partial charge in [-0.25, -0.2) is 4.39 Å². The zero-order valence-electron chi connectivity index (χ0n) is 10.1. The molecular formula is C12H17FN2O2. The molecule has 0 saturated carbocycles. The van der Waals surface area contributed by atoms with E-state index >= 15 is 0 Å². The van der Waals surface area contributed by atoms with Crippen LogP contribution in [0.1, 0.15) is 30.6 Å². The first kappa shape index (κ1) is 13.6. The van der Waals surface area contributed by atoms with E-state index in [4.69, 9.17) is 5.11 Å². The van der Waals surface area contributed by atoms with E-state index in [2.05, 4.69) is 4.98 Å². The van der Waals surface area contributed by atoms with Crippen molar-refractivity contribution in [1.29, 1.82) is 0 Å². The lowest BCUT2D eigenvalue weighted by Gasteiger charge is -2.26. The molecular weight excluding hydrogens is 223 g/mol. The number of amides is 1. The van der Waals surface area contributed by atoms with Crippen molar-refractivity contribution in [3.05, 3.63) is 29.8 Å². The van der Waals surface area contributed by atoms with Gasteiger partial charge in [-0.1, -0.05) is 0 Å². The van der Waals surface area contributed by atoms with Gasteiger partial charge in [-0.2, -0.15) is 0 Å². The molecule has 1 rings (SSSR count). The van der Waals surface area contributed by atoms with Gasteiger partial charge >= 0.3 is 0 Å². The molecule has 0 saturated heterocycles. The second-order valence-electron chi connectivity index (χ2n) is 4.06. The zero-order chi connectivity index (χ0) is 12.8. The van der Waals surface area contributed by atoms with Gasteiger partial charge in [0.2, 0.25) is 0 Å². The van der Waals surface area contributed by atoms with Crippen LogP contribution >= 0.6 is 0 Å². The number of aromatic nitrogens is 1.